The average molecular weight is 294 g/mol. The number of benzene rings is 2. The fourth-order valence-corrected chi connectivity index (χ4v) is 2.09. The molecule has 0 saturated carbocycles. The van der Waals surface area contributed by atoms with Gasteiger partial charge in [-0.1, -0.05) is 24.3 Å². The number of aromatic nitrogens is 2. The molecule has 0 fully saturated rings. The molecule has 0 aliphatic carbocycles. The van der Waals surface area contributed by atoms with Crippen molar-refractivity contribution in [2.24, 2.45) is 5.10 Å². The van der Waals surface area contributed by atoms with E-state index in [-0.39, 0.29) is 5.82 Å². The number of halogens is 1. The van der Waals surface area contributed by atoms with Crippen LogP contribution >= 0.6 is 0 Å². The van der Waals surface area contributed by atoms with E-state index in [1.165, 1.54) is 12.1 Å². The minimum atomic E-state index is -0.263. The molecule has 1 aromatic heterocycles. The Bertz CT molecular complexity index is 841. The van der Waals surface area contributed by atoms with Crippen LogP contribution in [0.2, 0.25) is 0 Å². The van der Waals surface area contributed by atoms with Crippen molar-refractivity contribution in [1.82, 2.24) is 9.97 Å². The quantitative estimate of drug-likeness (QED) is 0.588. The Balaban J connectivity index is 1.87. The number of hydrogen-bond donors (Lipinski definition) is 1. The van der Waals surface area contributed by atoms with Gasteiger partial charge in [-0.15, -0.1) is 0 Å². The summed E-state index contributed by atoms with van der Waals surface area (Å²) in [6.45, 7) is 3.73. The maximum Gasteiger partial charge on any atom is 0.168 e. The molecule has 3 aromatic rings. The Hall–Kier alpha value is -2.82. The summed E-state index contributed by atoms with van der Waals surface area (Å²) in [6.07, 6.45) is 0. The lowest BCUT2D eigenvalue weighted by Crippen LogP contribution is -2.03. The van der Waals surface area contributed by atoms with Crippen molar-refractivity contribution in [3.63, 3.8) is 0 Å². The van der Waals surface area contributed by atoms with Crippen molar-refractivity contribution in [1.29, 1.82) is 0 Å². The predicted molar refractivity (Wildman–Crippen MR) is 86.5 cm³/mol. The van der Waals surface area contributed by atoms with Gasteiger partial charge in [0, 0.05) is 0 Å². The summed E-state index contributed by atoms with van der Waals surface area (Å²) in [4.78, 5) is 9.01. The highest BCUT2D eigenvalue weighted by Crippen LogP contribution is 2.16. The van der Waals surface area contributed by atoms with E-state index in [0.717, 1.165) is 28.0 Å². The van der Waals surface area contributed by atoms with E-state index in [1.807, 2.05) is 38.1 Å². The standard InChI is InChI=1S/C17H15FN4/c1-11(13-7-9-14(18)10-8-13)21-22-17-12(2)19-15-5-3-4-6-16(15)20-17/h3-10H,1-2H3,(H,20,22)/b21-11-. The van der Waals surface area contributed by atoms with Crippen LogP contribution < -0.4 is 5.43 Å². The number of hydrogen-bond acceptors (Lipinski definition) is 4. The molecule has 5 heteroatoms. The zero-order valence-corrected chi connectivity index (χ0v) is 12.3. The number of rotatable bonds is 3. The molecular weight excluding hydrogens is 279 g/mol. The Morgan fingerprint density at radius 3 is 2.32 bits per heavy atom. The summed E-state index contributed by atoms with van der Waals surface area (Å²) in [5, 5.41) is 4.30. The predicted octanol–water partition coefficient (Wildman–Crippen LogP) is 3.91. The smallest absolute Gasteiger partial charge is 0.168 e. The van der Waals surface area contributed by atoms with Gasteiger partial charge >= 0.3 is 0 Å². The van der Waals surface area contributed by atoms with Crippen molar-refractivity contribution >= 4 is 22.6 Å². The minimum Gasteiger partial charge on any atom is -0.260 e. The molecule has 1 heterocycles. The van der Waals surface area contributed by atoms with Crippen LogP contribution in [-0.2, 0) is 0 Å². The van der Waals surface area contributed by atoms with Crippen LogP contribution in [0.4, 0.5) is 10.2 Å². The summed E-state index contributed by atoms with van der Waals surface area (Å²) >= 11 is 0. The Labute approximate surface area is 127 Å². The number of anilines is 1. The SMILES string of the molecule is C/C(=N/Nc1nc2ccccc2nc1C)c1ccc(F)cc1. The van der Waals surface area contributed by atoms with Gasteiger partial charge in [0.1, 0.15) is 5.82 Å². The first-order valence-corrected chi connectivity index (χ1v) is 6.93. The Morgan fingerprint density at radius 2 is 1.64 bits per heavy atom. The van der Waals surface area contributed by atoms with Crippen molar-refractivity contribution in [3.8, 4) is 0 Å². The summed E-state index contributed by atoms with van der Waals surface area (Å²) in [6, 6.07) is 13.9. The van der Waals surface area contributed by atoms with Crippen molar-refractivity contribution in [3.05, 3.63) is 65.6 Å². The normalized spacial score (nSPS) is 11.7. The number of aryl methyl sites for hydroxylation is 1. The van der Waals surface area contributed by atoms with E-state index < -0.39 is 0 Å². The van der Waals surface area contributed by atoms with E-state index in [1.54, 1.807) is 12.1 Å². The Morgan fingerprint density at radius 1 is 1.00 bits per heavy atom. The van der Waals surface area contributed by atoms with Gasteiger partial charge in [-0.2, -0.15) is 5.10 Å². The molecule has 3 rings (SSSR count). The minimum absolute atomic E-state index is 0.263. The van der Waals surface area contributed by atoms with Gasteiger partial charge < -0.3 is 0 Å². The fraction of sp³-hybridized carbons (Fsp3) is 0.118. The van der Waals surface area contributed by atoms with Gasteiger partial charge in [-0.05, 0) is 43.7 Å². The zero-order chi connectivity index (χ0) is 15.5. The molecule has 0 atom stereocenters. The van der Waals surface area contributed by atoms with Crippen LogP contribution in [0, 0.1) is 12.7 Å². The summed E-state index contributed by atoms with van der Waals surface area (Å²) in [5.74, 6) is 0.348. The first kappa shape index (κ1) is 14.1. The summed E-state index contributed by atoms with van der Waals surface area (Å²) < 4.78 is 12.9. The third-order valence-corrected chi connectivity index (χ3v) is 3.34. The van der Waals surface area contributed by atoms with Crippen LogP contribution in [0.1, 0.15) is 18.2 Å². The maximum absolute atomic E-state index is 12.9. The van der Waals surface area contributed by atoms with Gasteiger partial charge in [-0.3, -0.25) is 5.43 Å². The van der Waals surface area contributed by atoms with Gasteiger partial charge in [-0.25, -0.2) is 14.4 Å². The number of nitrogens with one attached hydrogen (secondary N) is 1. The van der Waals surface area contributed by atoms with Crippen LogP contribution in [-0.4, -0.2) is 15.7 Å². The molecule has 0 bridgehead atoms. The average Bonchev–Trinajstić information content (AvgIpc) is 2.53. The highest BCUT2D eigenvalue weighted by molar-refractivity contribution is 5.99. The molecule has 0 radical (unpaired) electrons. The number of para-hydroxylation sites is 2. The number of fused-ring (bicyclic) bond motifs is 1. The molecule has 1 N–H and O–H groups in total. The van der Waals surface area contributed by atoms with E-state index in [9.17, 15) is 4.39 Å². The topological polar surface area (TPSA) is 50.2 Å². The molecule has 0 unspecified atom stereocenters. The molecule has 0 spiro atoms. The molecule has 0 saturated heterocycles. The highest BCUT2D eigenvalue weighted by Gasteiger charge is 2.04. The second kappa shape index (κ2) is 5.89. The lowest BCUT2D eigenvalue weighted by Gasteiger charge is -2.07. The molecule has 2 aromatic carbocycles. The molecule has 110 valence electrons. The maximum atomic E-state index is 12.9. The molecule has 22 heavy (non-hydrogen) atoms. The van der Waals surface area contributed by atoms with Crippen molar-refractivity contribution < 1.29 is 4.39 Å². The summed E-state index contributed by atoms with van der Waals surface area (Å²) in [7, 11) is 0. The van der Waals surface area contributed by atoms with E-state index in [0.29, 0.717) is 5.82 Å². The third-order valence-electron chi connectivity index (χ3n) is 3.34. The molecule has 0 aliphatic heterocycles. The largest absolute Gasteiger partial charge is 0.260 e. The van der Waals surface area contributed by atoms with Gasteiger partial charge in [0.2, 0.25) is 0 Å². The molecule has 0 aliphatic rings. The lowest BCUT2D eigenvalue weighted by molar-refractivity contribution is 0.628. The third kappa shape index (κ3) is 2.93. The second-order valence-corrected chi connectivity index (χ2v) is 4.96. The van der Waals surface area contributed by atoms with E-state index >= 15 is 0 Å². The van der Waals surface area contributed by atoms with Gasteiger partial charge in [0.15, 0.2) is 5.82 Å². The second-order valence-electron chi connectivity index (χ2n) is 4.96. The number of hydrazone groups is 1. The van der Waals surface area contributed by atoms with Gasteiger partial charge in [0.25, 0.3) is 0 Å². The molecule has 4 nitrogen and oxygen atoms in total. The first-order valence-electron chi connectivity index (χ1n) is 6.93. The van der Waals surface area contributed by atoms with Gasteiger partial charge in [0.05, 0.1) is 22.4 Å². The van der Waals surface area contributed by atoms with Crippen LogP contribution in [0.15, 0.2) is 53.6 Å². The van der Waals surface area contributed by atoms with Crippen molar-refractivity contribution in [2.45, 2.75) is 13.8 Å². The monoisotopic (exact) mass is 294 g/mol. The Kier molecular flexibility index (Phi) is 3.78. The van der Waals surface area contributed by atoms with Crippen LogP contribution in [0.25, 0.3) is 11.0 Å². The fourth-order valence-electron chi connectivity index (χ4n) is 2.09. The lowest BCUT2D eigenvalue weighted by atomic mass is 10.1. The number of nitrogens with zero attached hydrogens (tertiary/aromatic N) is 3. The van der Waals surface area contributed by atoms with E-state index in [2.05, 4.69) is 20.5 Å². The first-order chi connectivity index (χ1) is 10.6. The highest BCUT2D eigenvalue weighted by atomic mass is 19.1. The van der Waals surface area contributed by atoms with Crippen LogP contribution in [0.3, 0.4) is 0 Å². The summed E-state index contributed by atoms with van der Waals surface area (Å²) in [5.41, 5.74) is 6.97. The van der Waals surface area contributed by atoms with Crippen molar-refractivity contribution in [2.75, 3.05) is 5.43 Å². The molecule has 0 amide bonds. The zero-order valence-electron chi connectivity index (χ0n) is 12.3. The van der Waals surface area contributed by atoms with Crippen LogP contribution in [0.5, 0.6) is 0 Å². The molecular formula is C17H15FN4. The van der Waals surface area contributed by atoms with E-state index in [4.69, 9.17) is 0 Å².